The van der Waals surface area contributed by atoms with Crippen LogP contribution in [0.15, 0.2) is 36.4 Å². The molecule has 17 heavy (non-hydrogen) atoms. The van der Waals surface area contributed by atoms with Gasteiger partial charge in [-0.3, -0.25) is 0 Å². The van der Waals surface area contributed by atoms with E-state index in [0.717, 1.165) is 24.5 Å². The highest BCUT2D eigenvalue weighted by molar-refractivity contribution is 7.99. The molecule has 0 aromatic heterocycles. The highest BCUT2D eigenvalue weighted by Gasteiger charge is 2.30. The molecule has 0 spiro atoms. The molecule has 1 aromatic rings. The average molecular weight is 249 g/mol. The molecule has 0 radical (unpaired) electrons. The SMILES string of the molecule is OC1(CNCC=Cc2ccccc2)CCSC1. The Morgan fingerprint density at radius 2 is 2.18 bits per heavy atom. The Morgan fingerprint density at radius 3 is 2.88 bits per heavy atom. The number of benzene rings is 1. The lowest BCUT2D eigenvalue weighted by Crippen LogP contribution is -2.40. The second-order valence-corrected chi connectivity index (χ2v) is 5.58. The van der Waals surface area contributed by atoms with Crippen molar-refractivity contribution in [2.75, 3.05) is 24.6 Å². The van der Waals surface area contributed by atoms with E-state index in [1.807, 2.05) is 30.0 Å². The Balaban J connectivity index is 1.68. The van der Waals surface area contributed by atoms with Gasteiger partial charge in [-0.15, -0.1) is 0 Å². The molecule has 1 fully saturated rings. The van der Waals surface area contributed by atoms with Crippen LogP contribution in [0, 0.1) is 0 Å². The fourth-order valence-electron chi connectivity index (χ4n) is 1.88. The predicted octanol–water partition coefficient (Wildman–Crippen LogP) is 2.16. The number of hydrogen-bond acceptors (Lipinski definition) is 3. The monoisotopic (exact) mass is 249 g/mol. The van der Waals surface area contributed by atoms with Gasteiger partial charge in [-0.2, -0.15) is 11.8 Å². The largest absolute Gasteiger partial charge is 0.388 e. The molecular weight excluding hydrogens is 230 g/mol. The minimum atomic E-state index is -0.481. The van der Waals surface area contributed by atoms with E-state index in [1.165, 1.54) is 5.56 Å². The van der Waals surface area contributed by atoms with Crippen LogP contribution in [0.3, 0.4) is 0 Å². The molecule has 1 heterocycles. The predicted molar refractivity (Wildman–Crippen MR) is 75.2 cm³/mol. The summed E-state index contributed by atoms with van der Waals surface area (Å²) in [6.45, 7) is 1.50. The number of thioether (sulfide) groups is 1. The number of nitrogens with one attached hydrogen (secondary N) is 1. The van der Waals surface area contributed by atoms with Gasteiger partial charge in [0.2, 0.25) is 0 Å². The molecule has 3 heteroatoms. The summed E-state index contributed by atoms with van der Waals surface area (Å²) >= 11 is 1.83. The average Bonchev–Trinajstić information content (AvgIpc) is 2.77. The van der Waals surface area contributed by atoms with Crippen LogP contribution in [0.5, 0.6) is 0 Å². The normalized spacial score (nSPS) is 24.5. The van der Waals surface area contributed by atoms with Crippen molar-refractivity contribution >= 4 is 17.8 Å². The van der Waals surface area contributed by atoms with Gasteiger partial charge in [-0.1, -0.05) is 42.5 Å². The van der Waals surface area contributed by atoms with Crippen molar-refractivity contribution in [1.82, 2.24) is 5.32 Å². The molecule has 1 aliphatic rings. The van der Waals surface area contributed by atoms with Crippen molar-refractivity contribution in [3.05, 3.63) is 42.0 Å². The smallest absolute Gasteiger partial charge is 0.0869 e. The zero-order chi connectivity index (χ0) is 12.0. The van der Waals surface area contributed by atoms with Gasteiger partial charge in [-0.25, -0.2) is 0 Å². The van der Waals surface area contributed by atoms with E-state index in [9.17, 15) is 5.11 Å². The highest BCUT2D eigenvalue weighted by Crippen LogP contribution is 2.26. The van der Waals surface area contributed by atoms with Gasteiger partial charge in [0, 0.05) is 18.8 Å². The van der Waals surface area contributed by atoms with Crippen LogP contribution in [0.4, 0.5) is 0 Å². The van der Waals surface area contributed by atoms with Gasteiger partial charge in [-0.05, 0) is 17.7 Å². The van der Waals surface area contributed by atoms with Crippen molar-refractivity contribution in [3.63, 3.8) is 0 Å². The molecule has 0 amide bonds. The first-order valence-corrected chi connectivity index (χ1v) is 7.16. The molecular formula is C14H19NOS. The summed E-state index contributed by atoms with van der Waals surface area (Å²) in [6, 6.07) is 10.2. The number of hydrogen-bond donors (Lipinski definition) is 2. The molecule has 1 saturated heterocycles. The molecule has 0 aliphatic carbocycles. The molecule has 92 valence electrons. The maximum atomic E-state index is 10.1. The lowest BCUT2D eigenvalue weighted by Gasteiger charge is -2.20. The maximum Gasteiger partial charge on any atom is 0.0869 e. The van der Waals surface area contributed by atoms with Crippen molar-refractivity contribution in [1.29, 1.82) is 0 Å². The third-order valence-corrected chi connectivity index (χ3v) is 4.14. The van der Waals surface area contributed by atoms with Crippen LogP contribution < -0.4 is 5.32 Å². The zero-order valence-corrected chi connectivity index (χ0v) is 10.7. The molecule has 0 saturated carbocycles. The second-order valence-electron chi connectivity index (χ2n) is 4.47. The second kappa shape index (κ2) is 6.24. The van der Waals surface area contributed by atoms with E-state index in [-0.39, 0.29) is 0 Å². The highest BCUT2D eigenvalue weighted by atomic mass is 32.2. The van der Waals surface area contributed by atoms with E-state index in [0.29, 0.717) is 6.54 Å². The van der Waals surface area contributed by atoms with Crippen LogP contribution in [0.1, 0.15) is 12.0 Å². The number of rotatable bonds is 5. The fourth-order valence-corrected chi connectivity index (χ4v) is 3.18. The Hall–Kier alpha value is -0.770. The molecule has 2 nitrogen and oxygen atoms in total. The summed E-state index contributed by atoms with van der Waals surface area (Å²) in [4.78, 5) is 0. The molecule has 1 unspecified atom stereocenters. The lowest BCUT2D eigenvalue weighted by molar-refractivity contribution is 0.0689. The van der Waals surface area contributed by atoms with Gasteiger partial charge in [0.15, 0.2) is 0 Å². The lowest BCUT2D eigenvalue weighted by atomic mass is 10.0. The van der Waals surface area contributed by atoms with Gasteiger partial charge in [0.05, 0.1) is 5.60 Å². The van der Waals surface area contributed by atoms with Crippen molar-refractivity contribution in [3.8, 4) is 0 Å². The summed E-state index contributed by atoms with van der Waals surface area (Å²) in [5.74, 6) is 1.94. The Kier molecular flexibility index (Phi) is 4.66. The first kappa shape index (κ1) is 12.7. The third kappa shape index (κ3) is 4.19. The standard InChI is InChI=1S/C14H19NOS/c16-14(8-10-17-12-14)11-15-9-4-7-13-5-2-1-3-6-13/h1-7,15-16H,8-12H2. The van der Waals surface area contributed by atoms with Crippen molar-refractivity contribution < 1.29 is 5.11 Å². The van der Waals surface area contributed by atoms with Crippen LogP contribution in [0.2, 0.25) is 0 Å². The summed E-state index contributed by atoms with van der Waals surface area (Å²) in [6.07, 6.45) is 5.11. The van der Waals surface area contributed by atoms with Crippen LogP contribution in [-0.2, 0) is 0 Å². The molecule has 1 aromatic carbocycles. The first-order chi connectivity index (χ1) is 8.29. The fraction of sp³-hybridized carbons (Fsp3) is 0.429. The molecule has 2 N–H and O–H groups in total. The number of aliphatic hydroxyl groups is 1. The molecule has 0 bridgehead atoms. The van der Waals surface area contributed by atoms with Crippen LogP contribution in [-0.4, -0.2) is 35.3 Å². The zero-order valence-electron chi connectivity index (χ0n) is 9.93. The van der Waals surface area contributed by atoms with E-state index in [2.05, 4.69) is 29.6 Å². The summed E-state index contributed by atoms with van der Waals surface area (Å²) < 4.78 is 0. The summed E-state index contributed by atoms with van der Waals surface area (Å²) in [5.41, 5.74) is 0.732. The molecule has 2 rings (SSSR count). The van der Waals surface area contributed by atoms with Gasteiger partial charge < -0.3 is 10.4 Å². The van der Waals surface area contributed by atoms with E-state index in [4.69, 9.17) is 0 Å². The van der Waals surface area contributed by atoms with E-state index in [1.54, 1.807) is 0 Å². The third-order valence-electron chi connectivity index (χ3n) is 2.91. The topological polar surface area (TPSA) is 32.3 Å². The Labute approximate surface area is 107 Å². The van der Waals surface area contributed by atoms with Crippen molar-refractivity contribution in [2.24, 2.45) is 0 Å². The maximum absolute atomic E-state index is 10.1. The van der Waals surface area contributed by atoms with Gasteiger partial charge in [0.25, 0.3) is 0 Å². The Morgan fingerprint density at radius 1 is 1.35 bits per heavy atom. The summed E-state index contributed by atoms with van der Waals surface area (Å²) in [5, 5.41) is 13.4. The quantitative estimate of drug-likeness (QED) is 0.784. The minimum Gasteiger partial charge on any atom is -0.388 e. The molecule has 1 aliphatic heterocycles. The van der Waals surface area contributed by atoms with Gasteiger partial charge in [0.1, 0.15) is 0 Å². The Bertz CT molecular complexity index is 358. The summed E-state index contributed by atoms with van der Waals surface area (Å²) in [7, 11) is 0. The minimum absolute atomic E-state index is 0.481. The van der Waals surface area contributed by atoms with E-state index >= 15 is 0 Å². The van der Waals surface area contributed by atoms with Crippen LogP contribution >= 0.6 is 11.8 Å². The first-order valence-electron chi connectivity index (χ1n) is 6.01. The van der Waals surface area contributed by atoms with Crippen molar-refractivity contribution in [2.45, 2.75) is 12.0 Å². The van der Waals surface area contributed by atoms with E-state index < -0.39 is 5.60 Å². The van der Waals surface area contributed by atoms with Crippen LogP contribution in [0.25, 0.3) is 6.08 Å². The molecule has 1 atom stereocenters. The van der Waals surface area contributed by atoms with Gasteiger partial charge >= 0.3 is 0 Å².